The number of halogens is 1. The van der Waals surface area contributed by atoms with E-state index in [1.54, 1.807) is 0 Å². The van der Waals surface area contributed by atoms with Crippen LogP contribution in [0.1, 0.15) is 25.3 Å². The van der Waals surface area contributed by atoms with Gasteiger partial charge in [0, 0.05) is 0 Å². The van der Waals surface area contributed by atoms with Crippen LogP contribution in [0.2, 0.25) is 0 Å². The standard InChI is InChI=1S/C13H20FN/c1-3-10-15(2)11-4-5-12-6-8-13(14)9-7-12/h6-9H,3-5,10-11H2,1-2H3. The van der Waals surface area contributed by atoms with Crippen LogP contribution in [0, 0.1) is 5.82 Å². The van der Waals surface area contributed by atoms with Gasteiger partial charge < -0.3 is 4.90 Å². The van der Waals surface area contributed by atoms with Gasteiger partial charge in [-0.25, -0.2) is 4.39 Å². The molecule has 0 radical (unpaired) electrons. The molecule has 0 bridgehead atoms. The smallest absolute Gasteiger partial charge is 0.123 e. The highest BCUT2D eigenvalue weighted by molar-refractivity contribution is 5.15. The third kappa shape index (κ3) is 4.93. The molecule has 0 N–H and O–H groups in total. The Balaban J connectivity index is 2.22. The van der Waals surface area contributed by atoms with E-state index in [4.69, 9.17) is 0 Å². The molecule has 0 amide bonds. The fourth-order valence-electron chi connectivity index (χ4n) is 1.70. The van der Waals surface area contributed by atoms with Crippen molar-refractivity contribution in [2.24, 2.45) is 0 Å². The molecule has 0 atom stereocenters. The zero-order valence-electron chi connectivity index (χ0n) is 9.67. The largest absolute Gasteiger partial charge is 0.306 e. The summed E-state index contributed by atoms with van der Waals surface area (Å²) < 4.78 is 12.6. The van der Waals surface area contributed by atoms with Crippen LogP contribution < -0.4 is 0 Å². The SMILES string of the molecule is CCCN(C)CCCc1ccc(F)cc1. The van der Waals surface area contributed by atoms with Gasteiger partial charge in [-0.05, 0) is 57.1 Å². The third-order valence-electron chi connectivity index (χ3n) is 2.52. The maximum Gasteiger partial charge on any atom is 0.123 e. The van der Waals surface area contributed by atoms with E-state index in [0.717, 1.165) is 25.9 Å². The average molecular weight is 209 g/mol. The summed E-state index contributed by atoms with van der Waals surface area (Å²) in [5, 5.41) is 0. The Bertz CT molecular complexity index is 268. The van der Waals surface area contributed by atoms with Crippen LogP contribution in [0.5, 0.6) is 0 Å². The quantitative estimate of drug-likeness (QED) is 0.696. The van der Waals surface area contributed by atoms with Crippen molar-refractivity contribution in [3.8, 4) is 0 Å². The van der Waals surface area contributed by atoms with Gasteiger partial charge in [0.25, 0.3) is 0 Å². The van der Waals surface area contributed by atoms with E-state index >= 15 is 0 Å². The van der Waals surface area contributed by atoms with Gasteiger partial charge >= 0.3 is 0 Å². The summed E-state index contributed by atoms with van der Waals surface area (Å²) in [5.41, 5.74) is 1.22. The predicted octanol–water partition coefficient (Wildman–Crippen LogP) is 3.10. The van der Waals surface area contributed by atoms with E-state index in [1.165, 1.54) is 24.1 Å². The lowest BCUT2D eigenvalue weighted by molar-refractivity contribution is 0.330. The van der Waals surface area contributed by atoms with Crippen molar-refractivity contribution >= 4 is 0 Å². The second kappa shape index (κ2) is 6.57. The minimum atomic E-state index is -0.151. The summed E-state index contributed by atoms with van der Waals surface area (Å²) in [5.74, 6) is -0.151. The summed E-state index contributed by atoms with van der Waals surface area (Å²) in [7, 11) is 2.15. The van der Waals surface area contributed by atoms with Crippen molar-refractivity contribution in [3.63, 3.8) is 0 Å². The minimum Gasteiger partial charge on any atom is -0.306 e. The fourth-order valence-corrected chi connectivity index (χ4v) is 1.70. The number of rotatable bonds is 6. The van der Waals surface area contributed by atoms with Gasteiger partial charge in [-0.2, -0.15) is 0 Å². The summed E-state index contributed by atoms with van der Waals surface area (Å²) in [4.78, 5) is 2.34. The average Bonchev–Trinajstić information content (AvgIpc) is 2.21. The molecule has 84 valence electrons. The lowest BCUT2D eigenvalue weighted by Crippen LogP contribution is -2.20. The second-order valence-electron chi connectivity index (χ2n) is 4.03. The van der Waals surface area contributed by atoms with E-state index in [1.807, 2.05) is 12.1 Å². The van der Waals surface area contributed by atoms with Gasteiger partial charge in [-0.1, -0.05) is 19.1 Å². The molecule has 15 heavy (non-hydrogen) atoms. The molecule has 2 heteroatoms. The molecule has 0 aliphatic rings. The summed E-state index contributed by atoms with van der Waals surface area (Å²) in [6.45, 7) is 4.46. The Kier molecular flexibility index (Phi) is 5.33. The van der Waals surface area contributed by atoms with E-state index in [9.17, 15) is 4.39 Å². The van der Waals surface area contributed by atoms with Gasteiger partial charge in [-0.15, -0.1) is 0 Å². The molecule has 0 aromatic heterocycles. The summed E-state index contributed by atoms with van der Waals surface area (Å²) in [6, 6.07) is 6.81. The molecule has 0 aliphatic carbocycles. The van der Waals surface area contributed by atoms with Crippen molar-refractivity contribution in [1.29, 1.82) is 0 Å². The van der Waals surface area contributed by atoms with Crippen LogP contribution >= 0.6 is 0 Å². The zero-order valence-corrected chi connectivity index (χ0v) is 9.67. The summed E-state index contributed by atoms with van der Waals surface area (Å²) >= 11 is 0. The molecule has 0 saturated carbocycles. The van der Waals surface area contributed by atoms with E-state index in [0.29, 0.717) is 0 Å². The molecule has 1 rings (SSSR count). The van der Waals surface area contributed by atoms with Crippen LogP contribution in [0.3, 0.4) is 0 Å². The highest BCUT2D eigenvalue weighted by Gasteiger charge is 1.98. The highest BCUT2D eigenvalue weighted by Crippen LogP contribution is 2.05. The maximum atomic E-state index is 12.6. The van der Waals surface area contributed by atoms with Crippen molar-refractivity contribution in [3.05, 3.63) is 35.6 Å². The van der Waals surface area contributed by atoms with Crippen LogP contribution in [-0.2, 0) is 6.42 Å². The number of aryl methyl sites for hydroxylation is 1. The van der Waals surface area contributed by atoms with Crippen LogP contribution in [0.25, 0.3) is 0 Å². The highest BCUT2D eigenvalue weighted by atomic mass is 19.1. The maximum absolute atomic E-state index is 12.6. The molecular formula is C13H20FN. The molecule has 0 unspecified atom stereocenters. The van der Waals surface area contributed by atoms with Gasteiger partial charge in [0.2, 0.25) is 0 Å². The normalized spacial score (nSPS) is 10.9. The first-order valence-corrected chi connectivity index (χ1v) is 5.65. The molecule has 0 aliphatic heterocycles. The Morgan fingerprint density at radius 2 is 1.80 bits per heavy atom. The minimum absolute atomic E-state index is 0.151. The lowest BCUT2D eigenvalue weighted by atomic mass is 10.1. The molecule has 1 aromatic rings. The Labute approximate surface area is 91.9 Å². The number of nitrogens with zero attached hydrogens (tertiary/aromatic N) is 1. The first kappa shape index (κ1) is 12.2. The molecule has 0 heterocycles. The Hall–Kier alpha value is -0.890. The first-order valence-electron chi connectivity index (χ1n) is 5.65. The van der Waals surface area contributed by atoms with Crippen molar-refractivity contribution in [1.82, 2.24) is 4.90 Å². The summed E-state index contributed by atoms with van der Waals surface area (Å²) in [6.07, 6.45) is 3.38. The molecule has 1 aromatic carbocycles. The van der Waals surface area contributed by atoms with Crippen LogP contribution in [0.15, 0.2) is 24.3 Å². The van der Waals surface area contributed by atoms with E-state index in [2.05, 4.69) is 18.9 Å². The van der Waals surface area contributed by atoms with Crippen molar-refractivity contribution in [2.75, 3.05) is 20.1 Å². The molecular weight excluding hydrogens is 189 g/mol. The molecule has 0 fully saturated rings. The Morgan fingerprint density at radius 3 is 2.40 bits per heavy atom. The monoisotopic (exact) mass is 209 g/mol. The van der Waals surface area contributed by atoms with Crippen molar-refractivity contribution in [2.45, 2.75) is 26.2 Å². The molecule has 1 nitrogen and oxygen atoms in total. The molecule has 0 saturated heterocycles. The predicted molar refractivity (Wildman–Crippen MR) is 62.5 cm³/mol. The van der Waals surface area contributed by atoms with Crippen LogP contribution in [0.4, 0.5) is 4.39 Å². The van der Waals surface area contributed by atoms with E-state index in [-0.39, 0.29) is 5.82 Å². The van der Waals surface area contributed by atoms with Gasteiger partial charge in [0.1, 0.15) is 5.82 Å². The van der Waals surface area contributed by atoms with Gasteiger partial charge in [-0.3, -0.25) is 0 Å². The number of benzene rings is 1. The van der Waals surface area contributed by atoms with Crippen LogP contribution in [-0.4, -0.2) is 25.0 Å². The second-order valence-corrected chi connectivity index (χ2v) is 4.03. The zero-order chi connectivity index (χ0) is 11.1. The van der Waals surface area contributed by atoms with Crippen molar-refractivity contribution < 1.29 is 4.39 Å². The first-order chi connectivity index (χ1) is 7.22. The van der Waals surface area contributed by atoms with E-state index < -0.39 is 0 Å². The number of hydrogen-bond acceptors (Lipinski definition) is 1. The topological polar surface area (TPSA) is 3.24 Å². The fraction of sp³-hybridized carbons (Fsp3) is 0.538. The Morgan fingerprint density at radius 1 is 1.13 bits per heavy atom. The lowest BCUT2D eigenvalue weighted by Gasteiger charge is -2.14. The third-order valence-corrected chi connectivity index (χ3v) is 2.52. The van der Waals surface area contributed by atoms with Gasteiger partial charge in [0.15, 0.2) is 0 Å². The van der Waals surface area contributed by atoms with Gasteiger partial charge in [0.05, 0.1) is 0 Å². The number of hydrogen-bond donors (Lipinski definition) is 0. The molecule has 0 spiro atoms.